The predicted octanol–water partition coefficient (Wildman–Crippen LogP) is 2.93. The largest absolute Gasteiger partial charge is 0.497 e. The third-order valence-electron chi connectivity index (χ3n) is 6.10. The first-order chi connectivity index (χ1) is 14.7. The molecule has 8 heteroatoms. The molecule has 1 aromatic carbocycles. The number of guanidine groups is 1. The van der Waals surface area contributed by atoms with E-state index in [0.717, 1.165) is 76.8 Å². The highest BCUT2D eigenvalue weighted by Crippen LogP contribution is 2.36. The highest BCUT2D eigenvalue weighted by atomic mass is 127. The normalized spacial score (nSPS) is 18.5. The van der Waals surface area contributed by atoms with Gasteiger partial charge in [-0.15, -0.1) is 24.0 Å². The molecule has 31 heavy (non-hydrogen) atoms. The first-order valence-corrected chi connectivity index (χ1v) is 11.2. The van der Waals surface area contributed by atoms with Crippen LogP contribution >= 0.6 is 24.0 Å². The Morgan fingerprint density at radius 1 is 1.23 bits per heavy atom. The third kappa shape index (κ3) is 7.24. The van der Waals surface area contributed by atoms with Gasteiger partial charge < -0.3 is 25.0 Å². The molecule has 0 bridgehead atoms. The second kappa shape index (κ2) is 13.1. The second-order valence-corrected chi connectivity index (χ2v) is 8.08. The number of aliphatic imine (C=N–C) groups is 1. The number of nitrogens with zero attached hydrogens (tertiary/aromatic N) is 2. The van der Waals surface area contributed by atoms with E-state index in [-0.39, 0.29) is 35.3 Å². The zero-order chi connectivity index (χ0) is 21.2. The average Bonchev–Trinajstić information content (AvgIpc) is 3.20. The first-order valence-electron chi connectivity index (χ1n) is 11.2. The monoisotopic (exact) mass is 544 g/mol. The number of hydrogen-bond donors (Lipinski definition) is 2. The molecule has 0 atom stereocenters. The summed E-state index contributed by atoms with van der Waals surface area (Å²) in [6, 6.07) is 8.37. The van der Waals surface area contributed by atoms with Gasteiger partial charge in [-0.2, -0.15) is 0 Å². The van der Waals surface area contributed by atoms with Crippen molar-refractivity contribution >= 4 is 35.8 Å². The molecule has 0 aliphatic carbocycles. The van der Waals surface area contributed by atoms with Crippen LogP contribution in [0.2, 0.25) is 0 Å². The molecule has 0 spiro atoms. The van der Waals surface area contributed by atoms with Gasteiger partial charge in [0.1, 0.15) is 5.75 Å². The van der Waals surface area contributed by atoms with Gasteiger partial charge >= 0.3 is 0 Å². The van der Waals surface area contributed by atoms with Gasteiger partial charge in [-0.3, -0.25) is 9.79 Å². The summed E-state index contributed by atoms with van der Waals surface area (Å²) in [5, 5.41) is 6.79. The van der Waals surface area contributed by atoms with Crippen LogP contribution < -0.4 is 15.4 Å². The van der Waals surface area contributed by atoms with Gasteiger partial charge in [0.25, 0.3) is 0 Å². The summed E-state index contributed by atoms with van der Waals surface area (Å²) < 4.78 is 11.0. The molecule has 174 valence electrons. The summed E-state index contributed by atoms with van der Waals surface area (Å²) in [6.45, 7) is 7.64. The van der Waals surface area contributed by atoms with Gasteiger partial charge in [-0.1, -0.05) is 12.1 Å². The molecule has 0 unspecified atom stereocenters. The lowest BCUT2D eigenvalue weighted by atomic mass is 9.74. The molecule has 2 aliphatic rings. The van der Waals surface area contributed by atoms with Gasteiger partial charge in [0.2, 0.25) is 5.91 Å². The van der Waals surface area contributed by atoms with E-state index >= 15 is 0 Å². The molecule has 2 aliphatic heterocycles. The molecule has 1 amide bonds. The number of benzene rings is 1. The van der Waals surface area contributed by atoms with E-state index in [1.807, 2.05) is 17.0 Å². The van der Waals surface area contributed by atoms with Gasteiger partial charge in [0, 0.05) is 51.2 Å². The van der Waals surface area contributed by atoms with E-state index in [0.29, 0.717) is 13.0 Å². The van der Waals surface area contributed by atoms with Crippen molar-refractivity contribution in [1.82, 2.24) is 15.5 Å². The Labute approximate surface area is 203 Å². The molecule has 1 aromatic rings. The van der Waals surface area contributed by atoms with Crippen molar-refractivity contribution in [3.8, 4) is 5.75 Å². The number of halogens is 1. The SMILES string of the molecule is CCNC(=NCC1(c2ccc(OC)cc2)CCOCC1)NCCCN1CCCC1=O.I. The summed E-state index contributed by atoms with van der Waals surface area (Å²) in [5.41, 5.74) is 1.27. The molecule has 0 radical (unpaired) electrons. The van der Waals surface area contributed by atoms with E-state index < -0.39 is 0 Å². The number of rotatable bonds is 9. The Hall–Kier alpha value is -1.55. The molecular formula is C23H37IN4O3. The van der Waals surface area contributed by atoms with Crippen molar-refractivity contribution < 1.29 is 14.3 Å². The summed E-state index contributed by atoms with van der Waals surface area (Å²) in [5.74, 6) is 2.00. The Bertz CT molecular complexity index is 705. The highest BCUT2D eigenvalue weighted by molar-refractivity contribution is 14.0. The predicted molar refractivity (Wildman–Crippen MR) is 135 cm³/mol. The molecular weight excluding hydrogens is 507 g/mol. The second-order valence-electron chi connectivity index (χ2n) is 8.08. The Morgan fingerprint density at radius 3 is 2.58 bits per heavy atom. The fourth-order valence-electron chi connectivity index (χ4n) is 4.23. The third-order valence-corrected chi connectivity index (χ3v) is 6.10. The van der Waals surface area contributed by atoms with Gasteiger partial charge in [-0.05, 0) is 50.3 Å². The van der Waals surface area contributed by atoms with Crippen molar-refractivity contribution in [2.75, 3.05) is 53.0 Å². The molecule has 2 fully saturated rings. The van der Waals surface area contributed by atoms with E-state index in [1.54, 1.807) is 7.11 Å². The van der Waals surface area contributed by atoms with E-state index in [4.69, 9.17) is 14.5 Å². The number of likely N-dealkylation sites (tertiary alicyclic amines) is 1. The molecule has 2 N–H and O–H groups in total. The highest BCUT2D eigenvalue weighted by Gasteiger charge is 2.34. The van der Waals surface area contributed by atoms with E-state index in [1.165, 1.54) is 5.56 Å². The molecule has 0 aromatic heterocycles. The Morgan fingerprint density at radius 2 is 1.97 bits per heavy atom. The molecule has 7 nitrogen and oxygen atoms in total. The standard InChI is InChI=1S/C23H36N4O3.HI/c1-3-24-22(25-13-5-15-27-14-4-6-21(27)28)26-18-23(11-16-30-17-12-23)19-7-9-20(29-2)10-8-19;/h7-10H,3-6,11-18H2,1-2H3,(H2,24,25,26);1H. The van der Waals surface area contributed by atoms with Crippen molar-refractivity contribution in [3.05, 3.63) is 29.8 Å². The van der Waals surface area contributed by atoms with Crippen LogP contribution in [-0.4, -0.2) is 69.8 Å². The van der Waals surface area contributed by atoms with Gasteiger partial charge in [-0.25, -0.2) is 0 Å². The zero-order valence-electron chi connectivity index (χ0n) is 18.8. The number of carbonyl (C=O) groups is 1. The number of amides is 1. The fourth-order valence-corrected chi connectivity index (χ4v) is 4.23. The minimum atomic E-state index is -0.0190. The van der Waals surface area contributed by atoms with Crippen LogP contribution in [0, 0.1) is 0 Å². The molecule has 0 saturated carbocycles. The summed E-state index contributed by atoms with van der Waals surface area (Å²) in [4.78, 5) is 18.6. The minimum absolute atomic E-state index is 0. The van der Waals surface area contributed by atoms with Crippen LogP contribution in [0.5, 0.6) is 5.75 Å². The van der Waals surface area contributed by atoms with Crippen molar-refractivity contribution in [2.24, 2.45) is 4.99 Å². The number of carbonyl (C=O) groups excluding carboxylic acids is 1. The lowest BCUT2D eigenvalue weighted by Crippen LogP contribution is -2.42. The van der Waals surface area contributed by atoms with Crippen LogP contribution in [0.1, 0.15) is 44.6 Å². The number of methoxy groups -OCH3 is 1. The number of ether oxygens (including phenoxy) is 2. The van der Waals surface area contributed by atoms with E-state index in [2.05, 4.69) is 29.7 Å². The van der Waals surface area contributed by atoms with Gasteiger partial charge in [0.15, 0.2) is 5.96 Å². The Balaban J connectivity index is 0.00000341. The van der Waals surface area contributed by atoms with Crippen molar-refractivity contribution in [3.63, 3.8) is 0 Å². The van der Waals surface area contributed by atoms with Crippen LogP contribution in [0.4, 0.5) is 0 Å². The molecule has 3 rings (SSSR count). The zero-order valence-corrected chi connectivity index (χ0v) is 21.2. The molecule has 2 heterocycles. The summed E-state index contributed by atoms with van der Waals surface area (Å²) in [6.07, 6.45) is 4.54. The number of hydrogen-bond acceptors (Lipinski definition) is 4. The maximum absolute atomic E-state index is 11.7. The number of nitrogens with one attached hydrogen (secondary N) is 2. The summed E-state index contributed by atoms with van der Waals surface area (Å²) in [7, 11) is 1.69. The van der Waals surface area contributed by atoms with Gasteiger partial charge in [0.05, 0.1) is 13.7 Å². The quantitative estimate of drug-likeness (QED) is 0.217. The van der Waals surface area contributed by atoms with Crippen LogP contribution in [0.15, 0.2) is 29.3 Å². The van der Waals surface area contributed by atoms with Crippen molar-refractivity contribution in [1.29, 1.82) is 0 Å². The Kier molecular flexibility index (Phi) is 10.9. The smallest absolute Gasteiger partial charge is 0.222 e. The minimum Gasteiger partial charge on any atom is -0.497 e. The maximum Gasteiger partial charge on any atom is 0.222 e. The molecule has 2 saturated heterocycles. The van der Waals surface area contributed by atoms with Crippen LogP contribution in [0.25, 0.3) is 0 Å². The lowest BCUT2D eigenvalue weighted by molar-refractivity contribution is -0.127. The maximum atomic E-state index is 11.7. The lowest BCUT2D eigenvalue weighted by Gasteiger charge is -2.36. The first kappa shape index (κ1) is 25.7. The topological polar surface area (TPSA) is 75.2 Å². The average molecular weight is 544 g/mol. The van der Waals surface area contributed by atoms with Crippen LogP contribution in [-0.2, 0) is 14.9 Å². The van der Waals surface area contributed by atoms with E-state index in [9.17, 15) is 4.79 Å². The van der Waals surface area contributed by atoms with Crippen LogP contribution in [0.3, 0.4) is 0 Å². The summed E-state index contributed by atoms with van der Waals surface area (Å²) >= 11 is 0. The van der Waals surface area contributed by atoms with Crippen molar-refractivity contribution in [2.45, 2.75) is 44.4 Å². The fraction of sp³-hybridized carbons (Fsp3) is 0.652.